The molecule has 1 unspecified atom stereocenters. The average molecular weight is 301 g/mol. The molecule has 0 amide bonds. The van der Waals surface area contributed by atoms with Crippen molar-refractivity contribution in [1.82, 2.24) is 5.43 Å². The fourth-order valence-electron chi connectivity index (χ4n) is 1.95. The van der Waals surface area contributed by atoms with Gasteiger partial charge in [0.2, 0.25) is 0 Å². The maximum Gasteiger partial charge on any atom is 0.194 e. The molecule has 3 N–H and O–H groups in total. The SMILES string of the molecule is NNC(Cc1ccccc1Cl)c1ccc(F)c(F)c1F. The van der Waals surface area contributed by atoms with Gasteiger partial charge in [0.1, 0.15) is 0 Å². The van der Waals surface area contributed by atoms with Gasteiger partial charge in [0.05, 0.1) is 6.04 Å². The third kappa shape index (κ3) is 2.95. The summed E-state index contributed by atoms with van der Waals surface area (Å²) in [4.78, 5) is 0. The summed E-state index contributed by atoms with van der Waals surface area (Å²) in [6, 6.07) is 8.28. The van der Waals surface area contributed by atoms with Gasteiger partial charge in [0.25, 0.3) is 0 Å². The molecule has 0 saturated heterocycles. The maximum atomic E-state index is 13.8. The second-order valence-electron chi connectivity index (χ2n) is 4.28. The lowest BCUT2D eigenvalue weighted by atomic mass is 9.98. The fraction of sp³-hybridized carbons (Fsp3) is 0.143. The smallest absolute Gasteiger partial charge is 0.194 e. The second-order valence-corrected chi connectivity index (χ2v) is 4.69. The lowest BCUT2D eigenvalue weighted by Gasteiger charge is -2.18. The summed E-state index contributed by atoms with van der Waals surface area (Å²) in [5.74, 6) is 1.39. The molecule has 20 heavy (non-hydrogen) atoms. The molecule has 2 aromatic carbocycles. The molecular formula is C14H12ClF3N2. The third-order valence-corrected chi connectivity index (χ3v) is 3.39. The Kier molecular flexibility index (Phi) is 4.65. The van der Waals surface area contributed by atoms with Gasteiger partial charge < -0.3 is 0 Å². The number of nitrogens with two attached hydrogens (primary N) is 1. The molecule has 0 spiro atoms. The number of halogens is 4. The van der Waals surface area contributed by atoms with Crippen LogP contribution in [-0.2, 0) is 6.42 Å². The van der Waals surface area contributed by atoms with Gasteiger partial charge in [-0.25, -0.2) is 13.2 Å². The van der Waals surface area contributed by atoms with E-state index in [1.165, 1.54) is 0 Å². The molecule has 2 aromatic rings. The van der Waals surface area contributed by atoms with Crippen LogP contribution in [-0.4, -0.2) is 0 Å². The van der Waals surface area contributed by atoms with E-state index in [0.717, 1.165) is 17.7 Å². The first kappa shape index (κ1) is 14.8. The Morgan fingerprint density at radius 3 is 2.40 bits per heavy atom. The Labute approximate surface area is 119 Å². The normalized spacial score (nSPS) is 12.4. The molecule has 0 fully saturated rings. The second kappa shape index (κ2) is 6.26. The van der Waals surface area contributed by atoms with Gasteiger partial charge >= 0.3 is 0 Å². The maximum absolute atomic E-state index is 13.8. The van der Waals surface area contributed by atoms with Crippen LogP contribution in [0.25, 0.3) is 0 Å². The van der Waals surface area contributed by atoms with Crippen LogP contribution in [0.2, 0.25) is 5.02 Å². The first-order valence-electron chi connectivity index (χ1n) is 5.87. The van der Waals surface area contributed by atoms with Crippen molar-refractivity contribution < 1.29 is 13.2 Å². The van der Waals surface area contributed by atoms with Crippen LogP contribution in [0.4, 0.5) is 13.2 Å². The minimum absolute atomic E-state index is 0.0497. The van der Waals surface area contributed by atoms with Gasteiger partial charge in [-0.2, -0.15) is 0 Å². The van der Waals surface area contributed by atoms with Gasteiger partial charge in [-0.15, -0.1) is 0 Å². The standard InChI is InChI=1S/C14H12ClF3N2/c15-10-4-2-1-3-8(10)7-12(20-19)9-5-6-11(16)14(18)13(9)17/h1-6,12,20H,7,19H2. The molecule has 2 nitrogen and oxygen atoms in total. The molecule has 0 heterocycles. The van der Waals surface area contributed by atoms with Gasteiger partial charge in [-0.05, 0) is 24.1 Å². The van der Waals surface area contributed by atoms with Crippen molar-refractivity contribution in [2.45, 2.75) is 12.5 Å². The molecule has 0 aliphatic rings. The van der Waals surface area contributed by atoms with E-state index in [1.54, 1.807) is 24.3 Å². The number of nitrogens with one attached hydrogen (secondary N) is 1. The van der Waals surface area contributed by atoms with E-state index >= 15 is 0 Å². The van der Waals surface area contributed by atoms with Crippen LogP contribution < -0.4 is 11.3 Å². The van der Waals surface area contributed by atoms with Crippen LogP contribution in [0.3, 0.4) is 0 Å². The highest BCUT2D eigenvalue weighted by Crippen LogP contribution is 2.26. The Balaban J connectivity index is 2.34. The van der Waals surface area contributed by atoms with Crippen molar-refractivity contribution in [3.8, 4) is 0 Å². The number of hydrogen-bond donors (Lipinski definition) is 2. The van der Waals surface area contributed by atoms with Crippen molar-refractivity contribution in [1.29, 1.82) is 0 Å². The summed E-state index contributed by atoms with van der Waals surface area (Å²) in [5.41, 5.74) is 3.07. The molecule has 6 heteroatoms. The fourth-order valence-corrected chi connectivity index (χ4v) is 2.17. The topological polar surface area (TPSA) is 38.0 Å². The largest absolute Gasteiger partial charge is 0.271 e. The zero-order chi connectivity index (χ0) is 14.7. The van der Waals surface area contributed by atoms with E-state index in [-0.39, 0.29) is 12.0 Å². The van der Waals surface area contributed by atoms with Crippen molar-refractivity contribution in [3.05, 3.63) is 70.0 Å². The van der Waals surface area contributed by atoms with Crippen LogP contribution in [0.15, 0.2) is 36.4 Å². The predicted octanol–water partition coefficient (Wildman–Crippen LogP) is 3.50. The summed E-state index contributed by atoms with van der Waals surface area (Å²) in [6.07, 6.45) is 0.248. The minimum Gasteiger partial charge on any atom is -0.271 e. The van der Waals surface area contributed by atoms with Crippen LogP contribution in [0.1, 0.15) is 17.2 Å². The zero-order valence-corrected chi connectivity index (χ0v) is 11.1. The summed E-state index contributed by atoms with van der Waals surface area (Å²) >= 11 is 6.01. The van der Waals surface area contributed by atoms with Gasteiger partial charge in [0.15, 0.2) is 17.5 Å². The third-order valence-electron chi connectivity index (χ3n) is 3.02. The van der Waals surface area contributed by atoms with Crippen molar-refractivity contribution in [2.75, 3.05) is 0 Å². The first-order chi connectivity index (χ1) is 9.54. The van der Waals surface area contributed by atoms with E-state index in [2.05, 4.69) is 5.43 Å². The highest BCUT2D eigenvalue weighted by atomic mass is 35.5. The Hall–Kier alpha value is -1.56. The number of hydrogen-bond acceptors (Lipinski definition) is 2. The first-order valence-corrected chi connectivity index (χ1v) is 6.25. The molecule has 0 aliphatic heterocycles. The van der Waals surface area contributed by atoms with Gasteiger partial charge in [-0.3, -0.25) is 11.3 Å². The lowest BCUT2D eigenvalue weighted by molar-refractivity contribution is 0.425. The van der Waals surface area contributed by atoms with Crippen LogP contribution >= 0.6 is 11.6 Å². The van der Waals surface area contributed by atoms with E-state index in [9.17, 15) is 13.2 Å². The Morgan fingerprint density at radius 2 is 1.75 bits per heavy atom. The average Bonchev–Trinajstić information content (AvgIpc) is 2.45. The molecule has 0 aliphatic carbocycles. The molecular weight excluding hydrogens is 289 g/mol. The van der Waals surface area contributed by atoms with E-state index in [0.29, 0.717) is 5.02 Å². The summed E-state index contributed by atoms with van der Waals surface area (Å²) in [5, 5.41) is 0.496. The molecule has 106 valence electrons. The van der Waals surface area contributed by atoms with Crippen LogP contribution in [0, 0.1) is 17.5 Å². The molecule has 2 rings (SSSR count). The lowest BCUT2D eigenvalue weighted by Crippen LogP contribution is -2.30. The summed E-state index contributed by atoms with van der Waals surface area (Å²) in [6.45, 7) is 0. The monoisotopic (exact) mass is 300 g/mol. The number of hydrazine groups is 1. The highest BCUT2D eigenvalue weighted by Gasteiger charge is 2.21. The van der Waals surface area contributed by atoms with Crippen molar-refractivity contribution >= 4 is 11.6 Å². The van der Waals surface area contributed by atoms with E-state index in [4.69, 9.17) is 17.4 Å². The quantitative estimate of drug-likeness (QED) is 0.515. The van der Waals surface area contributed by atoms with Gasteiger partial charge in [0, 0.05) is 10.6 Å². The predicted molar refractivity (Wildman–Crippen MR) is 71.5 cm³/mol. The zero-order valence-electron chi connectivity index (χ0n) is 10.3. The molecule has 0 aromatic heterocycles. The molecule has 0 bridgehead atoms. The number of rotatable bonds is 4. The molecule has 0 radical (unpaired) electrons. The van der Waals surface area contributed by atoms with E-state index < -0.39 is 23.5 Å². The van der Waals surface area contributed by atoms with Gasteiger partial charge in [-0.1, -0.05) is 35.9 Å². The van der Waals surface area contributed by atoms with Crippen molar-refractivity contribution in [2.24, 2.45) is 5.84 Å². The van der Waals surface area contributed by atoms with Crippen molar-refractivity contribution in [3.63, 3.8) is 0 Å². The number of benzene rings is 2. The molecule has 0 saturated carbocycles. The minimum atomic E-state index is -1.51. The molecule has 1 atom stereocenters. The summed E-state index contributed by atoms with van der Waals surface area (Å²) < 4.78 is 40.0. The van der Waals surface area contributed by atoms with Crippen LogP contribution in [0.5, 0.6) is 0 Å². The highest BCUT2D eigenvalue weighted by molar-refractivity contribution is 6.31. The van der Waals surface area contributed by atoms with E-state index in [1.807, 2.05) is 0 Å². The Bertz CT molecular complexity index is 619. The summed E-state index contributed by atoms with van der Waals surface area (Å²) in [7, 11) is 0. The Morgan fingerprint density at radius 1 is 1.05 bits per heavy atom.